The molecule has 0 fully saturated rings. The van der Waals surface area contributed by atoms with Crippen LogP contribution in [-0.2, 0) is 0 Å². The first-order valence-electron chi connectivity index (χ1n) is 4.89. The van der Waals surface area contributed by atoms with E-state index < -0.39 is 18.9 Å². The topological polar surface area (TPSA) is 49.3 Å². The highest BCUT2D eigenvalue weighted by Crippen LogP contribution is 2.15. The zero-order valence-corrected chi connectivity index (χ0v) is 9.69. The van der Waals surface area contributed by atoms with Crippen LogP contribution >= 0.6 is 11.3 Å². The van der Waals surface area contributed by atoms with E-state index in [1.54, 1.807) is 6.07 Å². The Kier molecular flexibility index (Phi) is 5.60. The molecule has 0 spiro atoms. The maximum atomic E-state index is 11.9. The minimum atomic E-state index is -2.55. The molecule has 1 aromatic heterocycles. The second-order valence-corrected chi connectivity index (χ2v) is 4.12. The van der Waals surface area contributed by atoms with E-state index in [9.17, 15) is 13.6 Å². The fourth-order valence-corrected chi connectivity index (χ4v) is 1.79. The molecule has 1 heterocycles. The Hall–Kier alpha value is -1.45. The number of carbonyl (C=O) groups excluding carboxylic acids is 1. The van der Waals surface area contributed by atoms with Crippen LogP contribution < -0.4 is 5.32 Å². The van der Waals surface area contributed by atoms with E-state index in [0.717, 1.165) is 11.3 Å². The Morgan fingerprint density at radius 1 is 1.53 bits per heavy atom. The fourth-order valence-electron chi connectivity index (χ4n) is 0.990. The van der Waals surface area contributed by atoms with Crippen molar-refractivity contribution in [2.24, 2.45) is 0 Å². The van der Waals surface area contributed by atoms with Crippen molar-refractivity contribution in [2.45, 2.75) is 12.8 Å². The number of rotatable bonds is 4. The van der Waals surface area contributed by atoms with Crippen molar-refractivity contribution in [2.75, 3.05) is 13.2 Å². The number of amides is 1. The quantitative estimate of drug-likeness (QED) is 0.805. The highest BCUT2D eigenvalue weighted by atomic mass is 32.1. The Labute approximate surface area is 101 Å². The third-order valence-corrected chi connectivity index (χ3v) is 2.69. The maximum absolute atomic E-state index is 11.9. The summed E-state index contributed by atoms with van der Waals surface area (Å²) >= 11 is 1.13. The summed E-state index contributed by atoms with van der Waals surface area (Å²) in [5.74, 6) is 4.96. The molecule has 2 N–H and O–H groups in total. The summed E-state index contributed by atoms with van der Waals surface area (Å²) in [4.78, 5) is 12.4. The molecule has 1 amide bonds. The van der Waals surface area contributed by atoms with E-state index in [-0.39, 0.29) is 6.61 Å². The number of halogens is 2. The van der Waals surface area contributed by atoms with Crippen LogP contribution in [0.2, 0.25) is 0 Å². The first-order valence-corrected chi connectivity index (χ1v) is 5.71. The fraction of sp³-hybridized carbons (Fsp3) is 0.364. The van der Waals surface area contributed by atoms with Gasteiger partial charge in [0.1, 0.15) is 0 Å². The molecule has 0 bridgehead atoms. The lowest BCUT2D eigenvalue weighted by atomic mass is 10.4. The third-order valence-electron chi connectivity index (χ3n) is 1.70. The van der Waals surface area contributed by atoms with Crippen LogP contribution in [-0.4, -0.2) is 30.6 Å². The van der Waals surface area contributed by atoms with Gasteiger partial charge in [0.15, 0.2) is 0 Å². The number of carbonyl (C=O) groups is 1. The molecule has 0 saturated carbocycles. The molecule has 0 radical (unpaired) electrons. The molecule has 6 heteroatoms. The van der Waals surface area contributed by atoms with E-state index >= 15 is 0 Å². The molecule has 3 nitrogen and oxygen atoms in total. The largest absolute Gasteiger partial charge is 0.395 e. The van der Waals surface area contributed by atoms with Crippen LogP contribution in [0.15, 0.2) is 12.1 Å². The lowest BCUT2D eigenvalue weighted by molar-refractivity contribution is 0.0895. The highest BCUT2D eigenvalue weighted by molar-refractivity contribution is 7.14. The normalized spacial score (nSPS) is 9.88. The predicted molar refractivity (Wildman–Crippen MR) is 61.2 cm³/mol. The number of alkyl halides is 2. The van der Waals surface area contributed by atoms with Crippen molar-refractivity contribution < 1.29 is 18.7 Å². The molecule has 0 atom stereocenters. The van der Waals surface area contributed by atoms with Gasteiger partial charge in [0.05, 0.1) is 22.9 Å². The third kappa shape index (κ3) is 4.93. The van der Waals surface area contributed by atoms with Crippen molar-refractivity contribution in [3.8, 4) is 11.8 Å². The van der Waals surface area contributed by atoms with Crippen LogP contribution in [0.4, 0.5) is 8.78 Å². The van der Waals surface area contributed by atoms with Crippen LogP contribution in [0.5, 0.6) is 0 Å². The van der Waals surface area contributed by atoms with Gasteiger partial charge in [-0.05, 0) is 12.1 Å². The number of aliphatic hydroxyl groups is 1. The van der Waals surface area contributed by atoms with Gasteiger partial charge in [0, 0.05) is 6.42 Å². The van der Waals surface area contributed by atoms with Crippen LogP contribution in [0.25, 0.3) is 0 Å². The number of nitrogens with one attached hydrogen (secondary N) is 1. The van der Waals surface area contributed by atoms with Gasteiger partial charge in [0.2, 0.25) is 0 Å². The Morgan fingerprint density at radius 3 is 2.94 bits per heavy atom. The van der Waals surface area contributed by atoms with Gasteiger partial charge >= 0.3 is 0 Å². The van der Waals surface area contributed by atoms with Crippen molar-refractivity contribution in [1.29, 1.82) is 0 Å². The lowest BCUT2D eigenvalue weighted by Crippen LogP contribution is -2.27. The number of hydrogen-bond donors (Lipinski definition) is 2. The molecule has 0 aliphatic carbocycles. The second-order valence-electron chi connectivity index (χ2n) is 3.04. The average Bonchev–Trinajstić information content (AvgIpc) is 2.75. The SMILES string of the molecule is O=C(NCC(F)F)c1ccc(C#CCCO)s1. The molecular formula is C11H11F2NO2S. The summed E-state index contributed by atoms with van der Waals surface area (Å²) in [5, 5.41) is 10.6. The van der Waals surface area contributed by atoms with E-state index in [1.807, 2.05) is 0 Å². The number of aliphatic hydroxyl groups excluding tert-OH is 1. The van der Waals surface area contributed by atoms with E-state index in [2.05, 4.69) is 17.2 Å². The van der Waals surface area contributed by atoms with Gasteiger partial charge in [-0.2, -0.15) is 0 Å². The lowest BCUT2D eigenvalue weighted by Gasteiger charge is -2.00. The first kappa shape index (κ1) is 13.6. The Balaban J connectivity index is 2.56. The summed E-state index contributed by atoms with van der Waals surface area (Å²) < 4.78 is 23.7. The van der Waals surface area contributed by atoms with E-state index in [1.165, 1.54) is 6.07 Å². The van der Waals surface area contributed by atoms with Gasteiger partial charge in [-0.3, -0.25) is 4.79 Å². The van der Waals surface area contributed by atoms with E-state index in [4.69, 9.17) is 5.11 Å². The zero-order chi connectivity index (χ0) is 12.7. The minimum Gasteiger partial charge on any atom is -0.395 e. The first-order chi connectivity index (χ1) is 8.13. The van der Waals surface area contributed by atoms with Gasteiger partial charge in [-0.1, -0.05) is 11.8 Å². The van der Waals surface area contributed by atoms with Gasteiger partial charge in [-0.25, -0.2) is 8.78 Å². The molecule has 0 saturated heterocycles. The molecular weight excluding hydrogens is 248 g/mol. The minimum absolute atomic E-state index is 0.0138. The molecule has 0 aliphatic heterocycles. The number of hydrogen-bond acceptors (Lipinski definition) is 3. The van der Waals surface area contributed by atoms with Crippen molar-refractivity contribution in [1.82, 2.24) is 5.32 Å². The average molecular weight is 259 g/mol. The molecule has 1 aromatic rings. The highest BCUT2D eigenvalue weighted by Gasteiger charge is 2.10. The molecule has 0 aliphatic rings. The molecule has 1 rings (SSSR count). The molecule has 0 unspecified atom stereocenters. The van der Waals surface area contributed by atoms with Crippen molar-refractivity contribution in [3.05, 3.63) is 21.9 Å². The smallest absolute Gasteiger partial charge is 0.261 e. The Morgan fingerprint density at radius 2 is 2.29 bits per heavy atom. The van der Waals surface area contributed by atoms with Gasteiger partial charge in [0.25, 0.3) is 12.3 Å². The summed E-state index contributed by atoms with van der Waals surface area (Å²) in [5.41, 5.74) is 0. The molecule has 0 aromatic carbocycles. The molecule has 92 valence electrons. The second kappa shape index (κ2) is 6.99. The standard InChI is InChI=1S/C11H11F2NO2S/c12-10(13)7-14-11(16)9-5-4-8(17-9)3-1-2-6-15/h4-5,10,15H,2,6-7H2,(H,14,16). The van der Waals surface area contributed by atoms with Crippen LogP contribution in [0, 0.1) is 11.8 Å². The van der Waals surface area contributed by atoms with Crippen LogP contribution in [0.3, 0.4) is 0 Å². The maximum Gasteiger partial charge on any atom is 0.261 e. The van der Waals surface area contributed by atoms with Crippen LogP contribution in [0.1, 0.15) is 21.0 Å². The molecule has 17 heavy (non-hydrogen) atoms. The zero-order valence-electron chi connectivity index (χ0n) is 8.87. The van der Waals surface area contributed by atoms with Crippen molar-refractivity contribution >= 4 is 17.2 Å². The van der Waals surface area contributed by atoms with E-state index in [0.29, 0.717) is 16.2 Å². The van der Waals surface area contributed by atoms with Gasteiger partial charge < -0.3 is 10.4 Å². The van der Waals surface area contributed by atoms with Crippen molar-refractivity contribution in [3.63, 3.8) is 0 Å². The summed E-state index contributed by atoms with van der Waals surface area (Å²) in [6, 6.07) is 3.18. The van der Waals surface area contributed by atoms with Gasteiger partial charge in [-0.15, -0.1) is 11.3 Å². The number of thiophene rings is 1. The predicted octanol–water partition coefficient (Wildman–Crippen LogP) is 1.48. The monoisotopic (exact) mass is 259 g/mol. The summed E-state index contributed by atoms with van der Waals surface area (Å²) in [6.07, 6.45) is -2.19. The summed E-state index contributed by atoms with van der Waals surface area (Å²) in [7, 11) is 0. The summed E-state index contributed by atoms with van der Waals surface area (Å²) in [6.45, 7) is -0.664. The Bertz CT molecular complexity index is 434.